The van der Waals surface area contributed by atoms with Crippen LogP contribution in [0.25, 0.3) is 0 Å². The van der Waals surface area contributed by atoms with Gasteiger partial charge in [0.1, 0.15) is 14.1 Å². The first-order valence-electron chi connectivity index (χ1n) is 5.27. The van der Waals surface area contributed by atoms with E-state index in [4.69, 9.17) is 5.14 Å². The quantitative estimate of drug-likeness (QED) is 0.794. The lowest BCUT2D eigenvalue weighted by Crippen LogP contribution is -2.37. The Labute approximate surface area is 117 Å². The third kappa shape index (κ3) is 3.63. The zero-order chi connectivity index (χ0) is 13.5. The first-order chi connectivity index (χ1) is 7.46. The van der Waals surface area contributed by atoms with Crippen LogP contribution < -0.4 is 5.14 Å². The van der Waals surface area contributed by atoms with Crippen LogP contribution >= 0.6 is 27.3 Å². The van der Waals surface area contributed by atoms with Gasteiger partial charge < -0.3 is 0 Å². The molecule has 2 N–H and O–H groups in total. The smallest absolute Gasteiger partial charge is 0.195 e. The Hall–Kier alpha value is 0.307. The van der Waals surface area contributed by atoms with E-state index < -0.39 is 18.2 Å². The highest BCUT2D eigenvalue weighted by Gasteiger charge is 2.37. The standard InChI is InChI=1S/C10H19BrN2OS2Si/c1-10(2,3)17(4,5)13-16(12,14)9-7-6-8(11)15-9/h6-7H,1-5H3,(H2,12,13,14). The summed E-state index contributed by atoms with van der Waals surface area (Å²) in [6.45, 7) is 10.6. The predicted octanol–water partition coefficient (Wildman–Crippen LogP) is 4.22. The molecule has 1 unspecified atom stereocenters. The van der Waals surface area contributed by atoms with Crippen molar-refractivity contribution in [3.63, 3.8) is 0 Å². The second-order valence-corrected chi connectivity index (χ2v) is 15.2. The minimum absolute atomic E-state index is 0.0452. The van der Waals surface area contributed by atoms with Crippen LogP contribution in [0.2, 0.25) is 18.1 Å². The topological polar surface area (TPSA) is 55.4 Å². The number of hydrogen-bond acceptors (Lipinski definition) is 3. The summed E-state index contributed by atoms with van der Waals surface area (Å²) in [6, 6.07) is 3.64. The van der Waals surface area contributed by atoms with Crippen LogP contribution in [0.5, 0.6) is 0 Å². The van der Waals surface area contributed by atoms with Crippen molar-refractivity contribution in [3.8, 4) is 0 Å². The summed E-state index contributed by atoms with van der Waals surface area (Å²) in [5.41, 5.74) is 0. The van der Waals surface area contributed by atoms with Crippen molar-refractivity contribution in [2.24, 2.45) is 9.17 Å². The molecular weight excluding hydrogens is 336 g/mol. The molecule has 0 aliphatic rings. The molecule has 0 aromatic carbocycles. The van der Waals surface area contributed by atoms with E-state index in [0.717, 1.165) is 3.79 Å². The largest absolute Gasteiger partial charge is 0.261 e. The van der Waals surface area contributed by atoms with Gasteiger partial charge in [-0.3, -0.25) is 4.03 Å². The maximum absolute atomic E-state index is 12.5. The van der Waals surface area contributed by atoms with Crippen molar-refractivity contribution < 1.29 is 4.21 Å². The van der Waals surface area contributed by atoms with Gasteiger partial charge in [0.2, 0.25) is 0 Å². The molecule has 7 heteroatoms. The molecule has 0 fully saturated rings. The van der Waals surface area contributed by atoms with Crippen molar-refractivity contribution >= 4 is 45.4 Å². The number of rotatable bonds is 2. The van der Waals surface area contributed by atoms with Gasteiger partial charge >= 0.3 is 0 Å². The zero-order valence-electron chi connectivity index (χ0n) is 10.8. The molecule has 1 aromatic heterocycles. The lowest BCUT2D eigenvalue weighted by atomic mass is 10.2. The third-order valence-corrected chi connectivity index (χ3v) is 12.7. The maximum atomic E-state index is 12.5. The summed E-state index contributed by atoms with van der Waals surface area (Å²) in [5, 5.41) is 5.96. The average molecular weight is 355 g/mol. The number of nitrogens with two attached hydrogens (primary N) is 1. The lowest BCUT2D eigenvalue weighted by Gasteiger charge is -2.32. The van der Waals surface area contributed by atoms with Crippen molar-refractivity contribution in [2.75, 3.05) is 0 Å². The first-order valence-corrected chi connectivity index (χ1v) is 11.4. The highest BCUT2D eigenvalue weighted by molar-refractivity contribution is 9.11. The normalized spacial score (nSPS) is 16.6. The summed E-state index contributed by atoms with van der Waals surface area (Å²) in [7, 11) is -4.75. The average Bonchev–Trinajstić information content (AvgIpc) is 2.48. The van der Waals surface area contributed by atoms with Crippen LogP contribution in [0.3, 0.4) is 0 Å². The molecule has 1 heterocycles. The summed E-state index contributed by atoms with van der Waals surface area (Å²) in [5.74, 6) is 0. The summed E-state index contributed by atoms with van der Waals surface area (Å²) in [4.78, 5) is 0. The molecule has 0 aliphatic heterocycles. The van der Waals surface area contributed by atoms with E-state index >= 15 is 0 Å². The van der Waals surface area contributed by atoms with Crippen LogP contribution in [0.1, 0.15) is 20.8 Å². The molecule has 1 rings (SSSR count). The Bertz CT molecular complexity index is 525. The Balaban J connectivity index is 3.28. The second kappa shape index (κ2) is 4.77. The van der Waals surface area contributed by atoms with Crippen LogP contribution in [-0.4, -0.2) is 12.4 Å². The minimum Gasteiger partial charge on any atom is -0.261 e. The van der Waals surface area contributed by atoms with Crippen molar-refractivity contribution in [3.05, 3.63) is 15.9 Å². The Morgan fingerprint density at radius 2 is 1.94 bits per heavy atom. The van der Waals surface area contributed by atoms with Gasteiger partial charge in [-0.2, -0.15) is 0 Å². The molecule has 0 aliphatic carbocycles. The van der Waals surface area contributed by atoms with Gasteiger partial charge in [0.05, 0.1) is 3.79 Å². The van der Waals surface area contributed by atoms with E-state index in [1.807, 2.05) is 6.07 Å². The fourth-order valence-electron chi connectivity index (χ4n) is 0.976. The molecule has 3 nitrogen and oxygen atoms in total. The fourth-order valence-corrected chi connectivity index (χ4v) is 7.93. The summed E-state index contributed by atoms with van der Waals surface area (Å²) < 4.78 is 18.6. The molecule has 1 atom stereocenters. The summed E-state index contributed by atoms with van der Waals surface area (Å²) in [6.07, 6.45) is 0. The second-order valence-electron chi connectivity index (χ2n) is 5.53. The van der Waals surface area contributed by atoms with E-state index in [9.17, 15) is 4.21 Å². The zero-order valence-corrected chi connectivity index (χ0v) is 15.0. The fraction of sp³-hybridized carbons (Fsp3) is 0.600. The number of thiophene rings is 1. The Morgan fingerprint density at radius 1 is 1.41 bits per heavy atom. The van der Waals surface area contributed by atoms with E-state index in [1.54, 1.807) is 6.07 Å². The van der Waals surface area contributed by atoms with Gasteiger partial charge in [0, 0.05) is 0 Å². The number of halogens is 1. The Kier molecular flexibility index (Phi) is 4.31. The van der Waals surface area contributed by atoms with Crippen LogP contribution in [0.15, 0.2) is 24.2 Å². The Morgan fingerprint density at radius 3 is 2.29 bits per heavy atom. The van der Waals surface area contributed by atoms with Crippen molar-refractivity contribution in [2.45, 2.75) is 43.1 Å². The molecule has 1 aromatic rings. The molecule has 0 amide bonds. The van der Waals surface area contributed by atoms with Crippen LogP contribution in [0.4, 0.5) is 0 Å². The van der Waals surface area contributed by atoms with Gasteiger partial charge in [-0.25, -0.2) is 9.35 Å². The van der Waals surface area contributed by atoms with Crippen LogP contribution in [0, 0.1) is 0 Å². The first kappa shape index (κ1) is 15.4. The van der Waals surface area contributed by atoms with E-state index in [1.165, 1.54) is 11.3 Å². The SMILES string of the molecule is CC(C)(C)[Si](C)(C)N=S(N)(=O)c1ccc(Br)s1. The maximum Gasteiger partial charge on any atom is 0.195 e. The molecular formula is C10H19BrN2OS2Si. The van der Waals surface area contributed by atoms with Gasteiger partial charge in [0.25, 0.3) is 0 Å². The molecule has 0 saturated heterocycles. The predicted molar refractivity (Wildman–Crippen MR) is 82.2 cm³/mol. The van der Waals surface area contributed by atoms with Crippen molar-refractivity contribution in [1.82, 2.24) is 0 Å². The van der Waals surface area contributed by atoms with Gasteiger partial charge in [0.15, 0.2) is 8.24 Å². The van der Waals surface area contributed by atoms with E-state index in [-0.39, 0.29) is 5.04 Å². The van der Waals surface area contributed by atoms with E-state index in [0.29, 0.717) is 4.21 Å². The van der Waals surface area contributed by atoms with Gasteiger partial charge in [-0.15, -0.1) is 11.3 Å². The van der Waals surface area contributed by atoms with E-state index in [2.05, 4.69) is 53.8 Å². The molecule has 0 saturated carbocycles. The molecule has 0 radical (unpaired) electrons. The number of nitrogens with zero attached hydrogens (tertiary/aromatic N) is 1. The molecule has 0 bridgehead atoms. The molecule has 0 spiro atoms. The van der Waals surface area contributed by atoms with Gasteiger partial charge in [-0.1, -0.05) is 20.8 Å². The molecule has 17 heavy (non-hydrogen) atoms. The number of hydrogen-bond donors (Lipinski definition) is 1. The lowest BCUT2D eigenvalue weighted by molar-refractivity contribution is 0.677. The monoisotopic (exact) mass is 354 g/mol. The van der Waals surface area contributed by atoms with Crippen molar-refractivity contribution in [1.29, 1.82) is 0 Å². The summed E-state index contributed by atoms with van der Waals surface area (Å²) >= 11 is 4.74. The third-order valence-electron chi connectivity index (χ3n) is 3.04. The van der Waals surface area contributed by atoms with Crippen LogP contribution in [-0.2, 0) is 9.92 Å². The highest BCUT2D eigenvalue weighted by Crippen LogP contribution is 2.38. The highest BCUT2D eigenvalue weighted by atomic mass is 79.9. The van der Waals surface area contributed by atoms with Gasteiger partial charge in [-0.05, 0) is 46.2 Å². The molecule has 98 valence electrons. The minimum atomic E-state index is -2.76.